The Morgan fingerprint density at radius 2 is 1.55 bits per heavy atom. The van der Waals surface area contributed by atoms with Gasteiger partial charge in [0.25, 0.3) is 5.91 Å². The second-order valence-electron chi connectivity index (χ2n) is 9.56. The standard InChI is InChI=1S/C33H33FN2O2/c1-23(35)28-10-5-9-25(19-28)20-30(22-37)32(18-13-24-7-3-2-4-8-24)36-33(38)27-16-14-26(15-17-27)29-11-6-12-31(34)21-29/h2-12,14-17,19,21,30,32,37H,1,13,18,20,22,35H2,(H,36,38). The number of hydrogen-bond donors (Lipinski definition) is 3. The first-order valence-electron chi connectivity index (χ1n) is 12.8. The predicted molar refractivity (Wildman–Crippen MR) is 152 cm³/mol. The summed E-state index contributed by atoms with van der Waals surface area (Å²) >= 11 is 0. The molecule has 0 aliphatic rings. The highest BCUT2D eigenvalue weighted by Gasteiger charge is 2.24. The van der Waals surface area contributed by atoms with Crippen LogP contribution >= 0.6 is 0 Å². The van der Waals surface area contributed by atoms with Gasteiger partial charge in [-0.25, -0.2) is 4.39 Å². The molecule has 0 saturated heterocycles. The molecular formula is C33H33FN2O2. The third-order valence-electron chi connectivity index (χ3n) is 6.81. The van der Waals surface area contributed by atoms with Gasteiger partial charge in [-0.2, -0.15) is 0 Å². The highest BCUT2D eigenvalue weighted by atomic mass is 19.1. The number of amides is 1. The van der Waals surface area contributed by atoms with Gasteiger partial charge in [0.1, 0.15) is 5.82 Å². The van der Waals surface area contributed by atoms with E-state index in [-0.39, 0.29) is 30.3 Å². The number of rotatable bonds is 11. The molecule has 38 heavy (non-hydrogen) atoms. The molecule has 0 heterocycles. The second kappa shape index (κ2) is 12.8. The molecule has 2 unspecified atom stereocenters. The molecule has 194 valence electrons. The molecule has 0 radical (unpaired) electrons. The summed E-state index contributed by atoms with van der Waals surface area (Å²) in [6, 6.07) is 31.1. The maximum Gasteiger partial charge on any atom is 0.251 e. The van der Waals surface area contributed by atoms with E-state index in [1.165, 1.54) is 17.7 Å². The lowest BCUT2D eigenvalue weighted by molar-refractivity contribution is 0.0898. The number of halogens is 1. The van der Waals surface area contributed by atoms with Crippen LogP contribution in [0.4, 0.5) is 4.39 Å². The van der Waals surface area contributed by atoms with Crippen LogP contribution in [0.1, 0.15) is 33.5 Å². The van der Waals surface area contributed by atoms with E-state index < -0.39 is 0 Å². The summed E-state index contributed by atoms with van der Waals surface area (Å²) in [5, 5.41) is 13.6. The molecule has 4 nitrogen and oxygen atoms in total. The lowest BCUT2D eigenvalue weighted by Crippen LogP contribution is -2.43. The maximum atomic E-state index is 13.6. The van der Waals surface area contributed by atoms with Crippen molar-refractivity contribution in [2.24, 2.45) is 11.7 Å². The molecule has 4 aromatic carbocycles. The molecule has 0 aromatic heterocycles. The number of benzene rings is 4. The van der Waals surface area contributed by atoms with Gasteiger partial charge in [-0.15, -0.1) is 0 Å². The van der Waals surface area contributed by atoms with E-state index in [0.717, 1.165) is 28.7 Å². The number of aliphatic hydroxyl groups excluding tert-OH is 1. The van der Waals surface area contributed by atoms with Crippen LogP contribution in [0.25, 0.3) is 16.8 Å². The topological polar surface area (TPSA) is 75.3 Å². The van der Waals surface area contributed by atoms with Gasteiger partial charge in [-0.05, 0) is 77.4 Å². The molecule has 2 atom stereocenters. The number of nitrogens with two attached hydrogens (primary N) is 1. The zero-order valence-corrected chi connectivity index (χ0v) is 21.3. The summed E-state index contributed by atoms with van der Waals surface area (Å²) in [5.41, 5.74) is 11.5. The third kappa shape index (κ3) is 7.17. The van der Waals surface area contributed by atoms with Gasteiger partial charge in [0.15, 0.2) is 0 Å². The van der Waals surface area contributed by atoms with Crippen LogP contribution in [0.15, 0.2) is 110 Å². The van der Waals surface area contributed by atoms with Crippen molar-refractivity contribution in [3.63, 3.8) is 0 Å². The van der Waals surface area contributed by atoms with E-state index >= 15 is 0 Å². The first kappa shape index (κ1) is 26.8. The number of hydrogen-bond acceptors (Lipinski definition) is 3. The Balaban J connectivity index is 1.52. The van der Waals surface area contributed by atoms with Gasteiger partial charge in [0.2, 0.25) is 0 Å². The van der Waals surface area contributed by atoms with Crippen LogP contribution in [-0.2, 0) is 12.8 Å². The van der Waals surface area contributed by atoms with Gasteiger partial charge in [-0.1, -0.05) is 79.4 Å². The van der Waals surface area contributed by atoms with E-state index in [0.29, 0.717) is 24.1 Å². The summed E-state index contributed by atoms with van der Waals surface area (Å²) in [7, 11) is 0. The Morgan fingerprint density at radius 3 is 2.24 bits per heavy atom. The number of aliphatic hydroxyl groups is 1. The van der Waals surface area contributed by atoms with Crippen LogP contribution in [0.3, 0.4) is 0 Å². The fraction of sp³-hybridized carbons (Fsp3) is 0.182. The Morgan fingerprint density at radius 1 is 0.842 bits per heavy atom. The van der Waals surface area contributed by atoms with Crippen LogP contribution in [0, 0.1) is 11.7 Å². The van der Waals surface area contributed by atoms with E-state index in [2.05, 4.69) is 24.0 Å². The van der Waals surface area contributed by atoms with Gasteiger partial charge >= 0.3 is 0 Å². The van der Waals surface area contributed by atoms with Crippen molar-refractivity contribution in [3.05, 3.63) is 138 Å². The average molecular weight is 509 g/mol. The molecule has 4 aromatic rings. The van der Waals surface area contributed by atoms with E-state index in [9.17, 15) is 14.3 Å². The molecule has 0 saturated carbocycles. The molecule has 4 N–H and O–H groups in total. The first-order chi connectivity index (χ1) is 18.4. The van der Waals surface area contributed by atoms with Crippen LogP contribution < -0.4 is 11.1 Å². The monoisotopic (exact) mass is 508 g/mol. The summed E-state index contributed by atoms with van der Waals surface area (Å²) in [6.07, 6.45) is 2.02. The lowest BCUT2D eigenvalue weighted by atomic mass is 9.88. The summed E-state index contributed by atoms with van der Waals surface area (Å²) in [5.74, 6) is -0.714. The van der Waals surface area contributed by atoms with Gasteiger partial charge < -0.3 is 16.2 Å². The SMILES string of the molecule is C=C(N)c1cccc(CC(CO)C(CCc2ccccc2)NC(=O)c2ccc(-c3cccc(F)c3)cc2)c1. The van der Waals surface area contributed by atoms with Crippen LogP contribution in [-0.4, -0.2) is 23.7 Å². The van der Waals surface area contributed by atoms with Crippen molar-refractivity contribution in [1.82, 2.24) is 5.32 Å². The molecule has 1 amide bonds. The second-order valence-corrected chi connectivity index (χ2v) is 9.56. The molecule has 5 heteroatoms. The molecule has 0 aliphatic heterocycles. The normalized spacial score (nSPS) is 12.5. The molecule has 0 fully saturated rings. The Bertz CT molecular complexity index is 1370. The van der Waals surface area contributed by atoms with Crippen molar-refractivity contribution < 1.29 is 14.3 Å². The number of aryl methyl sites for hydroxylation is 1. The molecule has 4 rings (SSSR count). The summed E-state index contributed by atoms with van der Waals surface area (Å²) < 4.78 is 13.6. The smallest absolute Gasteiger partial charge is 0.251 e. The van der Waals surface area contributed by atoms with E-state index in [1.807, 2.05) is 60.7 Å². The number of carbonyl (C=O) groups excluding carboxylic acids is 1. The van der Waals surface area contributed by atoms with Gasteiger partial charge in [0.05, 0.1) is 0 Å². The Labute approximate surface area is 223 Å². The maximum absolute atomic E-state index is 13.6. The minimum absolute atomic E-state index is 0.0773. The zero-order valence-electron chi connectivity index (χ0n) is 21.3. The van der Waals surface area contributed by atoms with Crippen molar-refractivity contribution >= 4 is 11.6 Å². The van der Waals surface area contributed by atoms with Crippen LogP contribution in [0.5, 0.6) is 0 Å². The third-order valence-corrected chi connectivity index (χ3v) is 6.81. The van der Waals surface area contributed by atoms with Crippen molar-refractivity contribution in [2.45, 2.75) is 25.3 Å². The zero-order chi connectivity index (χ0) is 26.9. The minimum atomic E-state index is -0.304. The number of carbonyl (C=O) groups is 1. The molecule has 0 aliphatic carbocycles. The summed E-state index contributed by atoms with van der Waals surface area (Å²) in [4.78, 5) is 13.3. The fourth-order valence-corrected chi connectivity index (χ4v) is 4.66. The Hall–Kier alpha value is -4.22. The largest absolute Gasteiger partial charge is 0.399 e. The summed E-state index contributed by atoms with van der Waals surface area (Å²) in [6.45, 7) is 3.74. The Kier molecular flexibility index (Phi) is 9.07. The van der Waals surface area contributed by atoms with E-state index in [1.54, 1.807) is 18.2 Å². The first-order valence-corrected chi connectivity index (χ1v) is 12.8. The van der Waals surface area contributed by atoms with E-state index in [4.69, 9.17) is 5.73 Å². The van der Waals surface area contributed by atoms with Crippen LogP contribution in [0.2, 0.25) is 0 Å². The lowest BCUT2D eigenvalue weighted by Gasteiger charge is -2.27. The molecular weight excluding hydrogens is 475 g/mol. The highest BCUT2D eigenvalue weighted by Crippen LogP contribution is 2.22. The van der Waals surface area contributed by atoms with Crippen molar-refractivity contribution in [1.29, 1.82) is 0 Å². The fourth-order valence-electron chi connectivity index (χ4n) is 4.66. The molecule has 0 bridgehead atoms. The van der Waals surface area contributed by atoms with Crippen molar-refractivity contribution in [2.75, 3.05) is 6.61 Å². The van der Waals surface area contributed by atoms with Gasteiger partial charge in [0, 0.05) is 29.8 Å². The quantitative estimate of drug-likeness (QED) is 0.232. The molecule has 0 spiro atoms. The minimum Gasteiger partial charge on any atom is -0.399 e. The van der Waals surface area contributed by atoms with Crippen molar-refractivity contribution in [3.8, 4) is 11.1 Å². The number of nitrogens with one attached hydrogen (secondary N) is 1. The van der Waals surface area contributed by atoms with Gasteiger partial charge in [-0.3, -0.25) is 4.79 Å². The average Bonchev–Trinajstić information content (AvgIpc) is 2.94. The highest BCUT2D eigenvalue weighted by molar-refractivity contribution is 5.94. The predicted octanol–water partition coefficient (Wildman–Crippen LogP) is 6.00.